The summed E-state index contributed by atoms with van der Waals surface area (Å²) < 4.78 is 10.4. The van der Waals surface area contributed by atoms with Crippen LogP contribution in [0.2, 0.25) is 0 Å². The summed E-state index contributed by atoms with van der Waals surface area (Å²) in [4.78, 5) is 27.6. The Hall–Kier alpha value is -3.22. The minimum absolute atomic E-state index is 0.0687. The lowest BCUT2D eigenvalue weighted by molar-refractivity contribution is -0.121. The average molecular weight is 397 g/mol. The molecule has 7 nitrogen and oxygen atoms in total. The summed E-state index contributed by atoms with van der Waals surface area (Å²) in [6.45, 7) is 4.45. The van der Waals surface area contributed by atoms with Crippen LogP contribution in [0.15, 0.2) is 42.5 Å². The topological polar surface area (TPSA) is 79.9 Å². The molecular weight excluding hydrogens is 370 g/mol. The Bertz CT molecular complexity index is 875. The van der Waals surface area contributed by atoms with Gasteiger partial charge in [-0.15, -0.1) is 0 Å². The summed E-state index contributed by atoms with van der Waals surface area (Å²) in [7, 11) is 3.08. The summed E-state index contributed by atoms with van der Waals surface area (Å²) in [6, 6.07) is 11.9. The lowest BCUT2D eigenvalue weighted by atomic mass is 10.0. The number of fused-ring (bicyclic) bond motifs is 1. The second kappa shape index (κ2) is 8.86. The third-order valence-electron chi connectivity index (χ3n) is 4.98. The third-order valence-corrected chi connectivity index (χ3v) is 4.98. The number of para-hydroxylation sites is 1. The largest absolute Gasteiger partial charge is 0.497 e. The number of urea groups is 1. The molecule has 0 fully saturated rings. The van der Waals surface area contributed by atoms with Crippen molar-refractivity contribution < 1.29 is 19.1 Å². The molecule has 0 aliphatic carbocycles. The summed E-state index contributed by atoms with van der Waals surface area (Å²) >= 11 is 0. The molecule has 3 rings (SSSR count). The monoisotopic (exact) mass is 397 g/mol. The molecule has 0 spiro atoms. The van der Waals surface area contributed by atoms with Crippen molar-refractivity contribution in [3.63, 3.8) is 0 Å². The van der Waals surface area contributed by atoms with E-state index in [1.165, 1.54) is 0 Å². The van der Waals surface area contributed by atoms with Crippen molar-refractivity contribution in [3.05, 3.63) is 48.0 Å². The zero-order chi connectivity index (χ0) is 21.0. The van der Waals surface area contributed by atoms with Gasteiger partial charge in [-0.3, -0.25) is 4.79 Å². The van der Waals surface area contributed by atoms with Crippen LogP contribution in [0.5, 0.6) is 11.5 Å². The van der Waals surface area contributed by atoms with Crippen molar-refractivity contribution in [2.75, 3.05) is 31.0 Å². The Morgan fingerprint density at radius 3 is 2.31 bits per heavy atom. The van der Waals surface area contributed by atoms with E-state index < -0.39 is 12.1 Å². The van der Waals surface area contributed by atoms with Gasteiger partial charge in [0.05, 0.1) is 14.2 Å². The van der Waals surface area contributed by atoms with Crippen LogP contribution in [-0.4, -0.2) is 38.7 Å². The number of anilines is 2. The van der Waals surface area contributed by atoms with Crippen LogP contribution in [0, 0.1) is 5.92 Å². The van der Waals surface area contributed by atoms with Crippen LogP contribution in [-0.2, 0) is 11.2 Å². The van der Waals surface area contributed by atoms with E-state index >= 15 is 0 Å². The third kappa shape index (κ3) is 4.62. The Labute approximate surface area is 171 Å². The number of benzene rings is 2. The highest BCUT2D eigenvalue weighted by Gasteiger charge is 2.32. The molecule has 7 heteroatoms. The van der Waals surface area contributed by atoms with Crippen molar-refractivity contribution in [3.8, 4) is 11.5 Å². The molecule has 2 aromatic carbocycles. The number of methoxy groups -OCH3 is 2. The average Bonchev–Trinajstić information content (AvgIpc) is 3.15. The highest BCUT2D eigenvalue weighted by molar-refractivity contribution is 6.02. The molecule has 1 atom stereocenters. The molecule has 1 heterocycles. The number of hydrogen-bond donors (Lipinski definition) is 2. The predicted octanol–water partition coefficient (Wildman–Crippen LogP) is 3.44. The highest BCUT2D eigenvalue weighted by Crippen LogP contribution is 2.29. The van der Waals surface area contributed by atoms with E-state index in [1.807, 2.05) is 38.1 Å². The molecule has 0 radical (unpaired) electrons. The first-order valence-electron chi connectivity index (χ1n) is 9.62. The lowest BCUT2D eigenvalue weighted by Gasteiger charge is -2.27. The quantitative estimate of drug-likeness (QED) is 0.783. The number of hydrogen-bond acceptors (Lipinski definition) is 4. The smallest absolute Gasteiger partial charge is 0.319 e. The van der Waals surface area contributed by atoms with Gasteiger partial charge in [-0.05, 0) is 24.0 Å². The van der Waals surface area contributed by atoms with E-state index in [2.05, 4.69) is 10.6 Å². The normalized spacial score (nSPS) is 13.6. The van der Waals surface area contributed by atoms with Gasteiger partial charge in [0, 0.05) is 36.1 Å². The molecule has 2 aromatic rings. The minimum atomic E-state index is -0.645. The molecular formula is C22H27N3O4. The van der Waals surface area contributed by atoms with Gasteiger partial charge in [0.2, 0.25) is 5.91 Å². The van der Waals surface area contributed by atoms with Crippen LogP contribution in [0.4, 0.5) is 16.2 Å². The van der Waals surface area contributed by atoms with Crippen LogP contribution in [0.25, 0.3) is 0 Å². The number of ether oxygens (including phenoxy) is 2. The molecule has 1 aliphatic heterocycles. The van der Waals surface area contributed by atoms with Gasteiger partial charge >= 0.3 is 6.03 Å². The van der Waals surface area contributed by atoms with E-state index in [4.69, 9.17) is 9.47 Å². The Balaban J connectivity index is 1.72. The molecule has 2 N–H and O–H groups in total. The van der Waals surface area contributed by atoms with E-state index in [-0.39, 0.29) is 11.8 Å². The molecule has 29 heavy (non-hydrogen) atoms. The number of rotatable bonds is 6. The first-order chi connectivity index (χ1) is 13.9. The molecule has 0 saturated carbocycles. The van der Waals surface area contributed by atoms with E-state index in [9.17, 15) is 9.59 Å². The molecule has 0 aromatic heterocycles. The van der Waals surface area contributed by atoms with Gasteiger partial charge in [0.1, 0.15) is 17.5 Å². The lowest BCUT2D eigenvalue weighted by Crippen LogP contribution is -2.52. The van der Waals surface area contributed by atoms with Crippen molar-refractivity contribution in [2.45, 2.75) is 26.3 Å². The zero-order valence-electron chi connectivity index (χ0n) is 17.2. The summed E-state index contributed by atoms with van der Waals surface area (Å²) in [5.41, 5.74) is 2.58. The van der Waals surface area contributed by atoms with Gasteiger partial charge in [0.15, 0.2) is 0 Å². The number of nitrogens with zero attached hydrogens (tertiary/aromatic N) is 1. The SMILES string of the molecule is COc1cc(NC(=O)N[C@@H](C(=O)N2CCc3ccccc32)C(C)C)cc(OC)c1. The van der Waals surface area contributed by atoms with Crippen LogP contribution in [0.3, 0.4) is 0 Å². The Morgan fingerprint density at radius 1 is 1.03 bits per heavy atom. The van der Waals surface area contributed by atoms with Gasteiger partial charge in [-0.25, -0.2) is 4.79 Å². The van der Waals surface area contributed by atoms with Crippen molar-refractivity contribution in [2.24, 2.45) is 5.92 Å². The molecule has 3 amide bonds. The predicted molar refractivity (Wildman–Crippen MR) is 113 cm³/mol. The number of carbonyl (C=O) groups excluding carboxylic acids is 2. The Kier molecular flexibility index (Phi) is 6.26. The van der Waals surface area contributed by atoms with Gasteiger partial charge in [-0.1, -0.05) is 32.0 Å². The fraction of sp³-hybridized carbons (Fsp3) is 0.364. The van der Waals surface area contributed by atoms with Gasteiger partial charge in [0.25, 0.3) is 0 Å². The summed E-state index contributed by atoms with van der Waals surface area (Å²) in [5.74, 6) is 0.943. The standard InChI is InChI=1S/C22H27N3O4/c1-14(2)20(21(26)25-10-9-15-7-5-6-8-19(15)25)24-22(27)23-16-11-17(28-3)13-18(12-16)29-4/h5-8,11-14,20H,9-10H2,1-4H3,(H2,23,24,27)/t20-/m1/s1. The Morgan fingerprint density at radius 2 is 1.69 bits per heavy atom. The van der Waals surface area contributed by atoms with E-state index in [0.29, 0.717) is 23.7 Å². The summed E-state index contributed by atoms with van der Waals surface area (Å²) in [5, 5.41) is 5.59. The van der Waals surface area contributed by atoms with Crippen molar-refractivity contribution in [1.29, 1.82) is 0 Å². The molecule has 154 valence electrons. The summed E-state index contributed by atoms with van der Waals surface area (Å²) in [6.07, 6.45) is 0.822. The van der Waals surface area contributed by atoms with Crippen molar-refractivity contribution >= 4 is 23.3 Å². The first kappa shape index (κ1) is 20.5. The fourth-order valence-corrected chi connectivity index (χ4v) is 3.44. The maximum absolute atomic E-state index is 13.2. The van der Waals surface area contributed by atoms with Gasteiger partial charge < -0.3 is 25.0 Å². The molecule has 0 bridgehead atoms. The zero-order valence-corrected chi connectivity index (χ0v) is 17.2. The maximum Gasteiger partial charge on any atom is 0.319 e. The number of amides is 3. The fourth-order valence-electron chi connectivity index (χ4n) is 3.44. The van der Waals surface area contributed by atoms with Crippen LogP contribution >= 0.6 is 0 Å². The van der Waals surface area contributed by atoms with Crippen molar-refractivity contribution in [1.82, 2.24) is 5.32 Å². The molecule has 1 aliphatic rings. The van der Waals surface area contributed by atoms with Crippen LogP contribution < -0.4 is 25.0 Å². The van der Waals surface area contributed by atoms with Gasteiger partial charge in [-0.2, -0.15) is 0 Å². The second-order valence-corrected chi connectivity index (χ2v) is 7.29. The minimum Gasteiger partial charge on any atom is -0.497 e. The number of carbonyl (C=O) groups is 2. The first-order valence-corrected chi connectivity index (χ1v) is 9.62. The second-order valence-electron chi connectivity index (χ2n) is 7.29. The highest BCUT2D eigenvalue weighted by atomic mass is 16.5. The van der Waals surface area contributed by atoms with E-state index in [1.54, 1.807) is 37.3 Å². The molecule has 0 saturated heterocycles. The molecule has 0 unspecified atom stereocenters. The van der Waals surface area contributed by atoms with Crippen LogP contribution in [0.1, 0.15) is 19.4 Å². The maximum atomic E-state index is 13.2. The number of nitrogens with one attached hydrogen (secondary N) is 2. The van der Waals surface area contributed by atoms with E-state index in [0.717, 1.165) is 17.7 Å².